The summed E-state index contributed by atoms with van der Waals surface area (Å²) in [7, 11) is -0.833. The lowest BCUT2D eigenvalue weighted by atomic mass is 9.86. The standard InChI is InChI=1S/C13H22N2O3S/c1-13(2,3)10-6-9(8-14)12(16)11(7-10)19(17,18)15(4)5/h6-7,16H,8,14H2,1-5H3. The van der Waals surface area contributed by atoms with Crippen molar-refractivity contribution in [2.75, 3.05) is 14.1 Å². The molecule has 0 radical (unpaired) electrons. The van der Waals surface area contributed by atoms with Crippen LogP contribution in [0.3, 0.4) is 0 Å². The third-order valence-electron chi connectivity index (χ3n) is 3.00. The van der Waals surface area contributed by atoms with Crippen molar-refractivity contribution in [3.8, 4) is 5.75 Å². The third kappa shape index (κ3) is 3.08. The second-order valence-electron chi connectivity index (χ2n) is 5.72. The zero-order valence-electron chi connectivity index (χ0n) is 12.1. The van der Waals surface area contributed by atoms with E-state index in [2.05, 4.69) is 0 Å². The van der Waals surface area contributed by atoms with E-state index in [-0.39, 0.29) is 22.6 Å². The van der Waals surface area contributed by atoms with Gasteiger partial charge in [-0.1, -0.05) is 26.8 Å². The van der Waals surface area contributed by atoms with Gasteiger partial charge in [0.25, 0.3) is 0 Å². The van der Waals surface area contributed by atoms with E-state index < -0.39 is 10.0 Å². The van der Waals surface area contributed by atoms with E-state index in [9.17, 15) is 13.5 Å². The molecular formula is C13H22N2O3S. The number of rotatable bonds is 3. The fourth-order valence-electron chi connectivity index (χ4n) is 1.65. The molecule has 19 heavy (non-hydrogen) atoms. The van der Waals surface area contributed by atoms with Crippen LogP contribution in [0.4, 0.5) is 0 Å². The molecule has 1 aromatic rings. The van der Waals surface area contributed by atoms with Gasteiger partial charge in [0.1, 0.15) is 10.6 Å². The summed E-state index contributed by atoms with van der Waals surface area (Å²) in [4.78, 5) is -0.0922. The van der Waals surface area contributed by atoms with Gasteiger partial charge < -0.3 is 10.8 Å². The lowest BCUT2D eigenvalue weighted by molar-refractivity contribution is 0.444. The minimum absolute atomic E-state index is 0.0890. The summed E-state index contributed by atoms with van der Waals surface area (Å²) >= 11 is 0. The number of benzene rings is 1. The minimum Gasteiger partial charge on any atom is -0.506 e. The van der Waals surface area contributed by atoms with Crippen LogP contribution < -0.4 is 5.73 Å². The average molecular weight is 286 g/mol. The fraction of sp³-hybridized carbons (Fsp3) is 0.538. The van der Waals surface area contributed by atoms with Crippen LogP contribution in [0.1, 0.15) is 31.9 Å². The highest BCUT2D eigenvalue weighted by Gasteiger charge is 2.26. The van der Waals surface area contributed by atoms with E-state index in [1.807, 2.05) is 20.8 Å². The van der Waals surface area contributed by atoms with Gasteiger partial charge in [-0.3, -0.25) is 0 Å². The number of phenolic OH excluding ortho intramolecular Hbond substituents is 1. The van der Waals surface area contributed by atoms with Crippen molar-refractivity contribution in [3.05, 3.63) is 23.3 Å². The molecule has 3 N–H and O–H groups in total. The normalized spacial score (nSPS) is 13.0. The van der Waals surface area contributed by atoms with Crippen LogP contribution in [0.15, 0.2) is 17.0 Å². The zero-order chi connectivity index (χ0) is 15.0. The lowest BCUT2D eigenvalue weighted by Crippen LogP contribution is -2.24. The lowest BCUT2D eigenvalue weighted by Gasteiger charge is -2.23. The Bertz CT molecular complexity index is 572. The van der Waals surface area contributed by atoms with Crippen LogP contribution in [0, 0.1) is 0 Å². The Balaban J connectivity index is 3.66. The van der Waals surface area contributed by atoms with Crippen LogP contribution in [-0.2, 0) is 22.0 Å². The van der Waals surface area contributed by atoms with Crippen molar-refractivity contribution in [2.24, 2.45) is 5.73 Å². The molecule has 0 fully saturated rings. The molecule has 0 aliphatic heterocycles. The van der Waals surface area contributed by atoms with Gasteiger partial charge in [0.2, 0.25) is 10.0 Å². The van der Waals surface area contributed by atoms with Crippen molar-refractivity contribution in [1.82, 2.24) is 4.31 Å². The SMILES string of the molecule is CN(C)S(=O)(=O)c1cc(C(C)(C)C)cc(CN)c1O. The van der Waals surface area contributed by atoms with Gasteiger partial charge in [-0.15, -0.1) is 0 Å². The Labute approximate surface area is 115 Å². The molecule has 0 bridgehead atoms. The molecule has 0 spiro atoms. The van der Waals surface area contributed by atoms with Gasteiger partial charge in [-0.25, -0.2) is 12.7 Å². The summed E-state index contributed by atoms with van der Waals surface area (Å²) in [6.45, 7) is 6.02. The molecule has 0 saturated heterocycles. The molecule has 0 amide bonds. The number of nitrogens with zero attached hydrogens (tertiary/aromatic N) is 1. The first kappa shape index (κ1) is 15.9. The molecule has 1 aromatic carbocycles. The van der Waals surface area contributed by atoms with E-state index in [4.69, 9.17) is 5.73 Å². The van der Waals surface area contributed by atoms with Crippen molar-refractivity contribution < 1.29 is 13.5 Å². The predicted molar refractivity (Wildman–Crippen MR) is 75.6 cm³/mol. The Morgan fingerprint density at radius 2 is 1.79 bits per heavy atom. The van der Waals surface area contributed by atoms with E-state index in [1.54, 1.807) is 6.07 Å². The third-order valence-corrected chi connectivity index (χ3v) is 4.83. The Kier molecular flexibility index (Phi) is 4.29. The summed E-state index contributed by atoms with van der Waals surface area (Å²) in [6, 6.07) is 3.27. The van der Waals surface area contributed by atoms with E-state index >= 15 is 0 Å². The number of aromatic hydroxyl groups is 1. The molecule has 0 aromatic heterocycles. The summed E-state index contributed by atoms with van der Waals surface area (Å²) in [5.41, 5.74) is 6.62. The van der Waals surface area contributed by atoms with Crippen LogP contribution in [0.2, 0.25) is 0 Å². The van der Waals surface area contributed by atoms with Crippen molar-refractivity contribution in [3.63, 3.8) is 0 Å². The Morgan fingerprint density at radius 1 is 1.26 bits per heavy atom. The van der Waals surface area contributed by atoms with Gasteiger partial charge >= 0.3 is 0 Å². The molecule has 0 heterocycles. The van der Waals surface area contributed by atoms with Gasteiger partial charge in [0.05, 0.1) is 0 Å². The van der Waals surface area contributed by atoms with E-state index in [1.165, 1.54) is 20.2 Å². The highest BCUT2D eigenvalue weighted by molar-refractivity contribution is 7.89. The Morgan fingerprint density at radius 3 is 2.16 bits per heavy atom. The molecule has 0 aliphatic rings. The Hall–Kier alpha value is -1.11. The van der Waals surface area contributed by atoms with Crippen molar-refractivity contribution >= 4 is 10.0 Å². The first-order valence-corrected chi connectivity index (χ1v) is 7.44. The summed E-state index contributed by atoms with van der Waals surface area (Å²) in [5, 5.41) is 10.1. The maximum Gasteiger partial charge on any atom is 0.246 e. The number of hydrogen-bond donors (Lipinski definition) is 2. The van der Waals surface area contributed by atoms with Gasteiger partial charge in [-0.2, -0.15) is 0 Å². The number of phenols is 1. The predicted octanol–water partition coefficient (Wildman–Crippen LogP) is 1.40. The smallest absolute Gasteiger partial charge is 0.246 e. The molecule has 0 atom stereocenters. The van der Waals surface area contributed by atoms with Gasteiger partial charge in [-0.05, 0) is 17.0 Å². The quantitative estimate of drug-likeness (QED) is 0.879. The molecule has 0 aliphatic carbocycles. The molecule has 6 heteroatoms. The molecular weight excluding hydrogens is 264 g/mol. The summed E-state index contributed by atoms with van der Waals surface area (Å²) in [5.74, 6) is -0.260. The molecule has 0 unspecified atom stereocenters. The van der Waals surface area contributed by atoms with Crippen LogP contribution in [0.5, 0.6) is 5.75 Å². The van der Waals surface area contributed by atoms with Crippen molar-refractivity contribution in [2.45, 2.75) is 37.6 Å². The highest BCUT2D eigenvalue weighted by atomic mass is 32.2. The monoisotopic (exact) mass is 286 g/mol. The van der Waals surface area contributed by atoms with Crippen molar-refractivity contribution in [1.29, 1.82) is 0 Å². The van der Waals surface area contributed by atoms with Crippen LogP contribution in [-0.4, -0.2) is 31.9 Å². The maximum absolute atomic E-state index is 12.2. The molecule has 1 rings (SSSR count). The van der Waals surface area contributed by atoms with Gasteiger partial charge in [0.15, 0.2) is 0 Å². The van der Waals surface area contributed by atoms with E-state index in [0.717, 1.165) is 9.87 Å². The first-order valence-electron chi connectivity index (χ1n) is 6.00. The average Bonchev–Trinajstić information content (AvgIpc) is 2.27. The zero-order valence-corrected chi connectivity index (χ0v) is 12.9. The fourth-order valence-corrected chi connectivity index (χ4v) is 2.69. The molecule has 108 valence electrons. The highest BCUT2D eigenvalue weighted by Crippen LogP contribution is 2.34. The molecule has 0 saturated carbocycles. The van der Waals surface area contributed by atoms with Crippen LogP contribution in [0.25, 0.3) is 0 Å². The second-order valence-corrected chi connectivity index (χ2v) is 7.84. The summed E-state index contributed by atoms with van der Waals surface area (Å²) < 4.78 is 25.5. The summed E-state index contributed by atoms with van der Waals surface area (Å²) in [6.07, 6.45) is 0. The minimum atomic E-state index is -3.70. The number of hydrogen-bond acceptors (Lipinski definition) is 4. The van der Waals surface area contributed by atoms with Crippen LogP contribution >= 0.6 is 0 Å². The maximum atomic E-state index is 12.2. The van der Waals surface area contributed by atoms with E-state index in [0.29, 0.717) is 5.56 Å². The molecule has 5 nitrogen and oxygen atoms in total. The number of nitrogens with two attached hydrogens (primary N) is 1. The topological polar surface area (TPSA) is 83.6 Å². The second kappa shape index (κ2) is 5.11. The first-order chi connectivity index (χ1) is 8.51. The number of sulfonamides is 1. The van der Waals surface area contributed by atoms with Gasteiger partial charge in [0, 0.05) is 26.2 Å². The largest absolute Gasteiger partial charge is 0.506 e.